The highest BCUT2D eigenvalue weighted by Crippen LogP contribution is 2.50. The van der Waals surface area contributed by atoms with Crippen LogP contribution >= 0.6 is 0 Å². The predicted molar refractivity (Wildman–Crippen MR) is 113 cm³/mol. The van der Waals surface area contributed by atoms with Crippen molar-refractivity contribution in [2.45, 2.75) is 88.8 Å². The third-order valence-electron chi connectivity index (χ3n) is 6.51. The summed E-state index contributed by atoms with van der Waals surface area (Å²) in [4.78, 5) is 14.7. The molecule has 5 heteroatoms. The number of aromatic nitrogens is 3. The first-order chi connectivity index (χ1) is 13.2. The van der Waals surface area contributed by atoms with Crippen LogP contribution in [-0.4, -0.2) is 32.1 Å². The van der Waals surface area contributed by atoms with E-state index in [9.17, 15) is 0 Å². The molecular formula is C23H31N5. The predicted octanol–water partition coefficient (Wildman–Crippen LogP) is 4.30. The molecule has 0 radical (unpaired) electrons. The molecule has 1 aromatic heterocycles. The van der Waals surface area contributed by atoms with Crippen LogP contribution in [0.5, 0.6) is 0 Å². The van der Waals surface area contributed by atoms with E-state index in [2.05, 4.69) is 62.6 Å². The SMILES string of the molecule is CC1(C)CC(Nc2nc3nc(n2)C2(C/C=C\C4=CC=C3C4)CC2)CC(C)(C)N1. The van der Waals surface area contributed by atoms with E-state index in [-0.39, 0.29) is 16.5 Å². The molecule has 0 atom stereocenters. The molecule has 2 aliphatic carbocycles. The number of hydrogen-bond donors (Lipinski definition) is 2. The molecule has 0 amide bonds. The molecule has 0 unspecified atom stereocenters. The van der Waals surface area contributed by atoms with E-state index >= 15 is 0 Å². The maximum atomic E-state index is 4.93. The summed E-state index contributed by atoms with van der Waals surface area (Å²) in [6, 6.07) is 0.351. The number of allylic oxidation sites excluding steroid dienone is 6. The molecule has 0 aromatic carbocycles. The molecule has 4 aliphatic rings. The number of rotatable bonds is 2. The summed E-state index contributed by atoms with van der Waals surface area (Å²) in [6.45, 7) is 9.11. The monoisotopic (exact) mass is 377 g/mol. The van der Waals surface area contributed by atoms with Crippen LogP contribution in [0.2, 0.25) is 0 Å². The third kappa shape index (κ3) is 3.41. The zero-order valence-electron chi connectivity index (χ0n) is 17.5. The Labute approximate surface area is 167 Å². The molecule has 1 saturated heterocycles. The molecule has 1 saturated carbocycles. The largest absolute Gasteiger partial charge is 0.351 e. The molecule has 28 heavy (non-hydrogen) atoms. The van der Waals surface area contributed by atoms with E-state index in [1.54, 1.807) is 0 Å². The lowest BCUT2D eigenvalue weighted by atomic mass is 9.80. The molecular weight excluding hydrogens is 346 g/mol. The standard InChI is InChI=1S/C23H31N5/c1-21(2)13-17(14-22(3,4)28-21)24-20-26-18-16-8-7-15(12-16)6-5-9-23(10-11-23)19(25-18)27-20/h5-8,17,28H,9-14H2,1-4H3,(H,24,25,26,27)/b6-5-. The van der Waals surface area contributed by atoms with Gasteiger partial charge in [0.1, 0.15) is 5.82 Å². The highest BCUT2D eigenvalue weighted by molar-refractivity contribution is 5.70. The first-order valence-corrected chi connectivity index (χ1v) is 10.6. The summed E-state index contributed by atoms with van der Waals surface area (Å²) < 4.78 is 0. The van der Waals surface area contributed by atoms with Crippen LogP contribution in [0.15, 0.2) is 29.9 Å². The van der Waals surface area contributed by atoms with Crippen LogP contribution < -0.4 is 10.6 Å². The maximum absolute atomic E-state index is 4.93. The number of fused-ring (bicyclic) bond motifs is 6. The van der Waals surface area contributed by atoms with Crippen LogP contribution in [0.25, 0.3) is 5.57 Å². The Morgan fingerprint density at radius 1 is 1.00 bits per heavy atom. The smallest absolute Gasteiger partial charge is 0.226 e. The van der Waals surface area contributed by atoms with Gasteiger partial charge in [-0.25, -0.2) is 4.98 Å². The Morgan fingerprint density at radius 3 is 2.46 bits per heavy atom. The van der Waals surface area contributed by atoms with E-state index in [1.165, 1.54) is 24.0 Å². The minimum absolute atomic E-state index is 0.0915. The lowest BCUT2D eigenvalue weighted by molar-refractivity contribution is 0.170. The lowest BCUT2D eigenvalue weighted by Gasteiger charge is -2.46. The molecule has 5 rings (SSSR count). The van der Waals surface area contributed by atoms with Gasteiger partial charge in [0, 0.05) is 34.5 Å². The minimum Gasteiger partial charge on any atom is -0.351 e. The lowest BCUT2D eigenvalue weighted by Crippen LogP contribution is -2.60. The van der Waals surface area contributed by atoms with Gasteiger partial charge in [-0.05, 0) is 65.4 Å². The topological polar surface area (TPSA) is 62.7 Å². The van der Waals surface area contributed by atoms with E-state index in [0.717, 1.165) is 43.3 Å². The Kier molecular flexibility index (Phi) is 3.86. The van der Waals surface area contributed by atoms with E-state index in [4.69, 9.17) is 15.0 Å². The molecule has 148 valence electrons. The second-order valence-corrected chi connectivity index (χ2v) is 10.4. The van der Waals surface area contributed by atoms with Gasteiger partial charge in [0.15, 0.2) is 5.82 Å². The Morgan fingerprint density at radius 2 is 1.75 bits per heavy atom. The van der Waals surface area contributed by atoms with Gasteiger partial charge < -0.3 is 10.6 Å². The summed E-state index contributed by atoms with van der Waals surface area (Å²) >= 11 is 0. The summed E-state index contributed by atoms with van der Waals surface area (Å²) in [5.41, 5.74) is 2.86. The van der Waals surface area contributed by atoms with Crippen molar-refractivity contribution in [3.8, 4) is 0 Å². The van der Waals surface area contributed by atoms with E-state index < -0.39 is 0 Å². The van der Waals surface area contributed by atoms with Crippen molar-refractivity contribution in [2.75, 3.05) is 5.32 Å². The summed E-state index contributed by atoms with van der Waals surface area (Å²) in [6.07, 6.45) is 15.3. The molecule has 2 aliphatic heterocycles. The van der Waals surface area contributed by atoms with Gasteiger partial charge in [0.2, 0.25) is 5.95 Å². The van der Waals surface area contributed by atoms with Crippen molar-refractivity contribution < 1.29 is 0 Å². The fraction of sp³-hybridized carbons (Fsp3) is 0.609. The molecule has 1 aromatic rings. The van der Waals surface area contributed by atoms with Crippen molar-refractivity contribution in [3.05, 3.63) is 41.5 Å². The van der Waals surface area contributed by atoms with Gasteiger partial charge in [-0.15, -0.1) is 0 Å². The van der Waals surface area contributed by atoms with Gasteiger partial charge in [0.05, 0.1) is 0 Å². The van der Waals surface area contributed by atoms with Crippen molar-refractivity contribution >= 4 is 11.5 Å². The highest BCUT2D eigenvalue weighted by Gasteiger charge is 2.47. The fourth-order valence-corrected chi connectivity index (χ4v) is 5.35. The Balaban J connectivity index is 1.49. The van der Waals surface area contributed by atoms with Gasteiger partial charge in [-0.1, -0.05) is 24.3 Å². The second kappa shape index (κ2) is 5.99. The number of piperidine rings is 1. The van der Waals surface area contributed by atoms with Gasteiger partial charge >= 0.3 is 0 Å². The van der Waals surface area contributed by atoms with Crippen molar-refractivity contribution in [2.24, 2.45) is 0 Å². The van der Waals surface area contributed by atoms with Crippen LogP contribution in [-0.2, 0) is 5.41 Å². The average molecular weight is 378 g/mol. The van der Waals surface area contributed by atoms with Gasteiger partial charge in [-0.3, -0.25) is 0 Å². The maximum Gasteiger partial charge on any atom is 0.226 e. The van der Waals surface area contributed by atoms with Crippen molar-refractivity contribution in [3.63, 3.8) is 0 Å². The summed E-state index contributed by atoms with van der Waals surface area (Å²) in [5, 5.41) is 7.44. The second-order valence-electron chi connectivity index (χ2n) is 10.4. The minimum atomic E-state index is 0.0915. The first-order valence-electron chi connectivity index (χ1n) is 10.6. The third-order valence-corrected chi connectivity index (χ3v) is 6.51. The number of nitrogens with zero attached hydrogens (tertiary/aromatic N) is 3. The summed E-state index contributed by atoms with van der Waals surface area (Å²) in [5.74, 6) is 2.59. The van der Waals surface area contributed by atoms with Crippen LogP contribution in [0, 0.1) is 0 Å². The van der Waals surface area contributed by atoms with Crippen LogP contribution in [0.4, 0.5) is 5.95 Å². The van der Waals surface area contributed by atoms with E-state index in [1.807, 2.05) is 0 Å². The molecule has 2 N–H and O–H groups in total. The molecule has 1 spiro atoms. The molecule has 3 heterocycles. The van der Waals surface area contributed by atoms with Crippen molar-refractivity contribution in [1.29, 1.82) is 0 Å². The number of hydrogen-bond acceptors (Lipinski definition) is 5. The van der Waals surface area contributed by atoms with Crippen LogP contribution in [0.3, 0.4) is 0 Å². The van der Waals surface area contributed by atoms with Gasteiger partial charge in [0.25, 0.3) is 0 Å². The number of anilines is 1. The van der Waals surface area contributed by atoms with Crippen LogP contribution in [0.1, 0.15) is 77.9 Å². The molecule has 2 fully saturated rings. The zero-order chi connectivity index (χ0) is 19.6. The first kappa shape index (κ1) is 18.0. The number of nitrogens with one attached hydrogen (secondary N) is 2. The molecule has 5 nitrogen and oxygen atoms in total. The Bertz CT molecular complexity index is 886. The van der Waals surface area contributed by atoms with Crippen molar-refractivity contribution in [1.82, 2.24) is 20.3 Å². The quantitative estimate of drug-likeness (QED) is 0.805. The molecule has 4 bridgehead atoms. The Hall–Kier alpha value is -2.01. The fourth-order valence-electron chi connectivity index (χ4n) is 5.35. The zero-order valence-corrected chi connectivity index (χ0v) is 17.5. The normalized spacial score (nSPS) is 27.7. The van der Waals surface area contributed by atoms with E-state index in [0.29, 0.717) is 6.04 Å². The summed E-state index contributed by atoms with van der Waals surface area (Å²) in [7, 11) is 0. The average Bonchev–Trinajstić information content (AvgIpc) is 3.21. The van der Waals surface area contributed by atoms with Gasteiger partial charge in [-0.2, -0.15) is 9.97 Å². The highest BCUT2D eigenvalue weighted by atomic mass is 15.2.